The fourth-order valence-electron chi connectivity index (χ4n) is 4.16. The molecule has 0 radical (unpaired) electrons. The van der Waals surface area contributed by atoms with Gasteiger partial charge in [-0.05, 0) is 19.3 Å². The van der Waals surface area contributed by atoms with E-state index in [2.05, 4.69) is 24.1 Å². The fourth-order valence-corrected chi connectivity index (χ4v) is 4.50. The van der Waals surface area contributed by atoms with E-state index in [4.69, 9.17) is 0 Å². The number of rotatable bonds is 25. The van der Waals surface area contributed by atoms with E-state index in [9.17, 15) is 13.0 Å². The van der Waals surface area contributed by atoms with Gasteiger partial charge in [-0.1, -0.05) is 142 Å². The van der Waals surface area contributed by atoms with Crippen LogP contribution in [0, 0.1) is 5.92 Å². The van der Waals surface area contributed by atoms with E-state index < -0.39 is 10.4 Å². The van der Waals surface area contributed by atoms with Gasteiger partial charge >= 0.3 is 51.4 Å². The molecule has 0 aliphatic heterocycles. The molecule has 6 heteroatoms. The first-order valence-electron chi connectivity index (χ1n) is 13.8. The van der Waals surface area contributed by atoms with E-state index in [-0.39, 0.29) is 63.9 Å². The molecule has 0 aliphatic carbocycles. The Morgan fingerprint density at radius 2 is 1.06 bits per heavy atom. The van der Waals surface area contributed by atoms with Crippen molar-refractivity contribution in [2.75, 3.05) is 6.61 Å². The summed E-state index contributed by atoms with van der Waals surface area (Å²) in [6.07, 6.45) is 31.1. The second-order valence-corrected chi connectivity index (χ2v) is 10.5. The van der Waals surface area contributed by atoms with Crippen molar-refractivity contribution in [2.45, 2.75) is 149 Å². The smallest absolute Gasteiger partial charge is 0.726 e. The summed E-state index contributed by atoms with van der Waals surface area (Å²) in [7, 11) is -4.60. The fraction of sp³-hybridized carbons (Fsp3) is 0.926. The summed E-state index contributed by atoms with van der Waals surface area (Å²) in [5.74, 6) is 0.0204. The molecule has 4 nitrogen and oxygen atoms in total. The third-order valence-electron chi connectivity index (χ3n) is 6.24. The molecule has 1 atom stereocenters. The molecular formula is C27H53KO4S. The Balaban J connectivity index is 0. The van der Waals surface area contributed by atoms with Gasteiger partial charge in [0.25, 0.3) is 0 Å². The first kappa shape index (κ1) is 36.4. The number of hydrogen-bond donors (Lipinski definition) is 0. The summed E-state index contributed by atoms with van der Waals surface area (Å²) in [4.78, 5) is 0. The Hall–Kier alpha value is 1.25. The minimum absolute atomic E-state index is 0. The zero-order valence-corrected chi connectivity index (χ0v) is 26.3. The predicted octanol–water partition coefficient (Wildman–Crippen LogP) is 5.87. The van der Waals surface area contributed by atoms with E-state index in [1.165, 1.54) is 109 Å². The van der Waals surface area contributed by atoms with Gasteiger partial charge < -0.3 is 4.55 Å². The predicted molar refractivity (Wildman–Crippen MR) is 137 cm³/mol. The Labute approximate surface area is 249 Å². The van der Waals surface area contributed by atoms with Crippen LogP contribution in [0.4, 0.5) is 0 Å². The van der Waals surface area contributed by atoms with Gasteiger partial charge in [0.2, 0.25) is 10.4 Å². The SMILES string of the molecule is CCCCC/C=C/C(CCCCCCCCCCCCCCCCCC)COS(=O)(=O)[O-].[K+]. The third-order valence-corrected chi connectivity index (χ3v) is 6.66. The topological polar surface area (TPSA) is 66.4 Å². The van der Waals surface area contributed by atoms with Crippen LogP contribution in [0.25, 0.3) is 0 Å². The average molecular weight is 513 g/mol. The number of allylic oxidation sites excluding steroid dienone is 1. The molecule has 0 aliphatic rings. The van der Waals surface area contributed by atoms with Gasteiger partial charge in [0, 0.05) is 5.92 Å². The minimum Gasteiger partial charge on any atom is -0.726 e. The standard InChI is InChI=1S/C27H54O4S.K/c1-3-5-7-9-10-11-12-13-14-15-16-17-18-19-21-23-25-27(26-31-32(28,29)30)24-22-20-8-6-4-2;/h22,24,27H,3-21,23,25-26H2,1-2H3,(H,28,29,30);/q;+1/p-1/b24-22+;. The Kier molecular flexibility index (Phi) is 30.7. The zero-order valence-electron chi connectivity index (χ0n) is 22.3. The van der Waals surface area contributed by atoms with Crippen molar-refractivity contribution in [3.8, 4) is 0 Å². The van der Waals surface area contributed by atoms with Crippen LogP contribution in [0.3, 0.4) is 0 Å². The van der Waals surface area contributed by atoms with Gasteiger partial charge in [-0.25, -0.2) is 8.42 Å². The molecule has 0 aromatic carbocycles. The van der Waals surface area contributed by atoms with Crippen molar-refractivity contribution < 1.29 is 68.5 Å². The molecule has 0 saturated carbocycles. The van der Waals surface area contributed by atoms with Crippen LogP contribution in [-0.4, -0.2) is 19.6 Å². The van der Waals surface area contributed by atoms with Gasteiger partial charge in [0.05, 0.1) is 6.61 Å². The summed E-state index contributed by atoms with van der Waals surface area (Å²) in [5, 5.41) is 0. The molecule has 0 spiro atoms. The van der Waals surface area contributed by atoms with Gasteiger partial charge in [0.1, 0.15) is 0 Å². The third kappa shape index (κ3) is 31.2. The summed E-state index contributed by atoms with van der Waals surface area (Å²) in [6.45, 7) is 4.43. The van der Waals surface area contributed by atoms with Crippen LogP contribution < -0.4 is 51.4 Å². The van der Waals surface area contributed by atoms with E-state index in [1.807, 2.05) is 6.08 Å². The van der Waals surface area contributed by atoms with Crippen molar-refractivity contribution in [1.29, 1.82) is 0 Å². The van der Waals surface area contributed by atoms with Crippen LogP contribution >= 0.6 is 0 Å². The number of unbranched alkanes of at least 4 members (excludes halogenated alkanes) is 18. The van der Waals surface area contributed by atoms with Gasteiger partial charge in [-0.2, -0.15) is 0 Å². The van der Waals surface area contributed by atoms with Gasteiger partial charge in [-0.15, -0.1) is 0 Å². The molecule has 0 aromatic heterocycles. The molecule has 1 unspecified atom stereocenters. The largest absolute Gasteiger partial charge is 1.00 e. The summed E-state index contributed by atoms with van der Waals surface area (Å²) in [6, 6.07) is 0. The molecule has 0 aromatic rings. The first-order valence-corrected chi connectivity index (χ1v) is 15.1. The van der Waals surface area contributed by atoms with E-state index in [0.29, 0.717) is 0 Å². The maximum absolute atomic E-state index is 10.8. The van der Waals surface area contributed by atoms with Gasteiger partial charge in [0.15, 0.2) is 0 Å². The van der Waals surface area contributed by atoms with Crippen LogP contribution in [0.2, 0.25) is 0 Å². The zero-order chi connectivity index (χ0) is 23.8. The van der Waals surface area contributed by atoms with Crippen molar-refractivity contribution in [2.24, 2.45) is 5.92 Å². The van der Waals surface area contributed by atoms with Crippen molar-refractivity contribution in [1.82, 2.24) is 0 Å². The van der Waals surface area contributed by atoms with Crippen molar-refractivity contribution in [3.63, 3.8) is 0 Å². The number of hydrogen-bond acceptors (Lipinski definition) is 4. The monoisotopic (exact) mass is 512 g/mol. The summed E-state index contributed by atoms with van der Waals surface area (Å²) >= 11 is 0. The summed E-state index contributed by atoms with van der Waals surface area (Å²) in [5.41, 5.74) is 0. The molecule has 0 rings (SSSR count). The van der Waals surface area contributed by atoms with Crippen LogP contribution in [-0.2, 0) is 14.6 Å². The van der Waals surface area contributed by atoms with E-state index >= 15 is 0 Å². The van der Waals surface area contributed by atoms with Crippen molar-refractivity contribution in [3.05, 3.63) is 12.2 Å². The minimum atomic E-state index is -4.60. The molecule has 0 fully saturated rings. The first-order chi connectivity index (χ1) is 15.5. The molecular weight excluding hydrogens is 459 g/mol. The van der Waals surface area contributed by atoms with Gasteiger partial charge in [-0.3, -0.25) is 4.18 Å². The molecule has 0 heterocycles. The summed E-state index contributed by atoms with van der Waals surface area (Å²) < 4.78 is 36.8. The average Bonchev–Trinajstić information content (AvgIpc) is 2.75. The normalized spacial score (nSPS) is 12.8. The molecule has 0 saturated heterocycles. The van der Waals surface area contributed by atoms with Crippen molar-refractivity contribution >= 4 is 10.4 Å². The Bertz CT molecular complexity index is 508. The van der Waals surface area contributed by atoms with Crippen LogP contribution in [0.15, 0.2) is 12.2 Å². The second kappa shape index (κ2) is 27.8. The quantitative estimate of drug-likeness (QED) is 0.0504. The van der Waals surface area contributed by atoms with Crippen LogP contribution in [0.1, 0.15) is 149 Å². The molecule has 33 heavy (non-hydrogen) atoms. The van der Waals surface area contributed by atoms with Crippen LogP contribution in [0.5, 0.6) is 0 Å². The van der Waals surface area contributed by atoms with E-state index in [1.54, 1.807) is 0 Å². The van der Waals surface area contributed by atoms with E-state index in [0.717, 1.165) is 25.7 Å². The molecule has 192 valence electrons. The Morgan fingerprint density at radius 3 is 1.48 bits per heavy atom. The molecule has 0 bridgehead atoms. The second-order valence-electron chi connectivity index (χ2n) is 9.47. The maximum Gasteiger partial charge on any atom is 1.00 e. The molecule has 0 N–H and O–H groups in total. The Morgan fingerprint density at radius 1 is 0.667 bits per heavy atom. The molecule has 0 amide bonds. The maximum atomic E-state index is 10.8.